The van der Waals surface area contributed by atoms with E-state index in [0.717, 1.165) is 76.4 Å². The molecule has 6 heteroatoms. The van der Waals surface area contributed by atoms with Gasteiger partial charge in [-0.1, -0.05) is 105 Å². The average molecular weight is 572 g/mol. The first-order chi connectivity index (χ1) is 18.9. The molecule has 4 nitrogen and oxygen atoms in total. The summed E-state index contributed by atoms with van der Waals surface area (Å²) in [5.74, 6) is 0.546. The summed E-state index contributed by atoms with van der Waals surface area (Å²) in [5, 5.41) is 0.896. The molecule has 0 aromatic heterocycles. The van der Waals surface area contributed by atoms with E-state index < -0.39 is 0 Å². The maximum atomic E-state index is 13.9. The highest BCUT2D eigenvalue weighted by atomic mass is 35.5. The highest BCUT2D eigenvalue weighted by Gasteiger charge is 2.27. The van der Waals surface area contributed by atoms with Gasteiger partial charge in [0.15, 0.2) is 0 Å². The minimum Gasteiger partial charge on any atom is -0.343 e. The van der Waals surface area contributed by atoms with E-state index in [0.29, 0.717) is 41.0 Å². The molecule has 2 aromatic rings. The summed E-state index contributed by atoms with van der Waals surface area (Å²) in [6.07, 6.45) is 12.2. The Morgan fingerprint density at radius 2 is 1.59 bits per heavy atom. The normalized spacial score (nSPS) is 14.5. The van der Waals surface area contributed by atoms with Gasteiger partial charge in [0.1, 0.15) is 0 Å². The number of nitrogens with zero attached hydrogens (tertiary/aromatic N) is 2. The summed E-state index contributed by atoms with van der Waals surface area (Å²) >= 11 is 12.6. The molecular formula is C33H44Cl2N2O2. The lowest BCUT2D eigenvalue weighted by Crippen LogP contribution is -2.43. The van der Waals surface area contributed by atoms with Crippen LogP contribution in [0.2, 0.25) is 10.0 Å². The number of piperidine rings is 1. The third-order valence-electron chi connectivity index (χ3n) is 7.55. The molecule has 0 unspecified atom stereocenters. The van der Waals surface area contributed by atoms with Gasteiger partial charge in [0.2, 0.25) is 5.91 Å². The van der Waals surface area contributed by atoms with E-state index in [1.165, 1.54) is 5.57 Å². The Morgan fingerprint density at radius 3 is 2.23 bits per heavy atom. The molecule has 3 rings (SSSR count). The number of carbonyl (C=O) groups is 2. The van der Waals surface area contributed by atoms with Crippen LogP contribution in [0, 0.1) is 5.92 Å². The van der Waals surface area contributed by atoms with Crippen molar-refractivity contribution in [2.75, 3.05) is 26.2 Å². The number of rotatable bonds is 14. The number of halogens is 2. The van der Waals surface area contributed by atoms with Gasteiger partial charge in [0.25, 0.3) is 5.91 Å². The number of benzene rings is 2. The van der Waals surface area contributed by atoms with Gasteiger partial charge in [-0.05, 0) is 61.8 Å². The number of carbonyl (C=O) groups excluding carboxylic acids is 2. The summed E-state index contributed by atoms with van der Waals surface area (Å²) in [6, 6.07) is 15.4. The Balaban J connectivity index is 1.77. The van der Waals surface area contributed by atoms with Crippen LogP contribution in [0.3, 0.4) is 0 Å². The van der Waals surface area contributed by atoms with Crippen LogP contribution >= 0.6 is 23.2 Å². The molecule has 1 saturated heterocycles. The number of likely N-dealkylation sites (tertiary alicyclic amines) is 1. The third kappa shape index (κ3) is 10.3. The number of unbranched alkanes of at least 4 members (excludes halogenated alkanes) is 4. The van der Waals surface area contributed by atoms with Crippen molar-refractivity contribution in [2.45, 2.75) is 78.1 Å². The van der Waals surface area contributed by atoms with Crippen LogP contribution in [0.25, 0.3) is 6.08 Å². The standard InChI is InChI=1S/C33H44Cl2N2O2/c1-3-5-8-14-28(22-26-12-10-7-11-13-26)25-37(33(39)30-17-16-29(34)23-31(30)35)24-27-18-20-36(21-19-27)32(38)15-9-6-4-2/h7,10-13,16-17,22-23,27H,3-6,8-9,14-15,18-21,24-25H2,1-2H3/b28-22+. The second-order valence-electron chi connectivity index (χ2n) is 10.8. The Morgan fingerprint density at radius 1 is 0.923 bits per heavy atom. The summed E-state index contributed by atoms with van der Waals surface area (Å²) in [6.45, 7) is 7.11. The van der Waals surface area contributed by atoms with Crippen LogP contribution in [-0.2, 0) is 4.79 Å². The van der Waals surface area contributed by atoms with Gasteiger partial charge in [-0.15, -0.1) is 0 Å². The van der Waals surface area contributed by atoms with Gasteiger partial charge in [-0.25, -0.2) is 0 Å². The highest BCUT2D eigenvalue weighted by molar-refractivity contribution is 6.36. The fourth-order valence-corrected chi connectivity index (χ4v) is 5.73. The molecule has 0 aliphatic carbocycles. The van der Waals surface area contributed by atoms with Crippen LogP contribution in [0.1, 0.15) is 94.0 Å². The van der Waals surface area contributed by atoms with Crippen molar-refractivity contribution in [3.8, 4) is 0 Å². The summed E-state index contributed by atoms with van der Waals surface area (Å²) in [5.41, 5.74) is 2.88. The molecule has 1 aliphatic rings. The summed E-state index contributed by atoms with van der Waals surface area (Å²) in [4.78, 5) is 30.5. The van der Waals surface area contributed by atoms with Crippen molar-refractivity contribution in [1.29, 1.82) is 0 Å². The predicted molar refractivity (Wildman–Crippen MR) is 164 cm³/mol. The smallest absolute Gasteiger partial charge is 0.255 e. The quantitative estimate of drug-likeness (QED) is 0.213. The Kier molecular flexibility index (Phi) is 13.4. The molecule has 39 heavy (non-hydrogen) atoms. The molecule has 2 amide bonds. The van der Waals surface area contributed by atoms with E-state index in [1.54, 1.807) is 18.2 Å². The van der Waals surface area contributed by atoms with Crippen molar-refractivity contribution in [3.05, 3.63) is 75.3 Å². The van der Waals surface area contributed by atoms with E-state index in [2.05, 4.69) is 32.1 Å². The molecule has 1 heterocycles. The molecule has 0 saturated carbocycles. The van der Waals surface area contributed by atoms with Gasteiger partial charge in [-0.2, -0.15) is 0 Å². The fourth-order valence-electron chi connectivity index (χ4n) is 5.24. The minimum absolute atomic E-state index is 0.0656. The van der Waals surface area contributed by atoms with Crippen molar-refractivity contribution in [3.63, 3.8) is 0 Å². The monoisotopic (exact) mass is 570 g/mol. The zero-order chi connectivity index (χ0) is 28.0. The highest BCUT2D eigenvalue weighted by Crippen LogP contribution is 2.26. The summed E-state index contributed by atoms with van der Waals surface area (Å²) in [7, 11) is 0. The first-order valence-corrected chi connectivity index (χ1v) is 15.4. The van der Waals surface area contributed by atoms with Crippen LogP contribution in [0.4, 0.5) is 0 Å². The number of amides is 2. The average Bonchev–Trinajstić information content (AvgIpc) is 2.93. The Labute approximate surface area is 245 Å². The molecule has 0 spiro atoms. The minimum atomic E-state index is -0.0656. The lowest BCUT2D eigenvalue weighted by Gasteiger charge is -2.35. The second-order valence-corrected chi connectivity index (χ2v) is 11.6. The first-order valence-electron chi connectivity index (χ1n) is 14.7. The van der Waals surface area contributed by atoms with Crippen molar-refractivity contribution in [1.82, 2.24) is 9.80 Å². The number of hydrogen-bond acceptors (Lipinski definition) is 2. The molecule has 0 radical (unpaired) electrons. The molecule has 0 N–H and O–H groups in total. The van der Waals surface area contributed by atoms with Crippen LogP contribution < -0.4 is 0 Å². The van der Waals surface area contributed by atoms with Crippen molar-refractivity contribution in [2.24, 2.45) is 5.92 Å². The largest absolute Gasteiger partial charge is 0.343 e. The molecule has 0 atom stereocenters. The first kappa shape index (κ1) is 31.2. The molecule has 2 aromatic carbocycles. The molecule has 1 fully saturated rings. The second kappa shape index (κ2) is 16.7. The maximum Gasteiger partial charge on any atom is 0.255 e. The topological polar surface area (TPSA) is 40.6 Å². The van der Waals surface area contributed by atoms with E-state index in [-0.39, 0.29) is 11.8 Å². The van der Waals surface area contributed by atoms with Crippen LogP contribution in [0.5, 0.6) is 0 Å². The van der Waals surface area contributed by atoms with Crippen LogP contribution in [-0.4, -0.2) is 47.8 Å². The molecular weight excluding hydrogens is 527 g/mol. The predicted octanol–water partition coefficient (Wildman–Crippen LogP) is 8.92. The Hall–Kier alpha value is -2.30. The van der Waals surface area contributed by atoms with Gasteiger partial charge in [-0.3, -0.25) is 9.59 Å². The van der Waals surface area contributed by atoms with Crippen LogP contribution in [0.15, 0.2) is 54.1 Å². The van der Waals surface area contributed by atoms with Crippen molar-refractivity contribution < 1.29 is 9.59 Å². The van der Waals surface area contributed by atoms with E-state index in [4.69, 9.17) is 23.2 Å². The zero-order valence-electron chi connectivity index (χ0n) is 23.6. The third-order valence-corrected chi connectivity index (χ3v) is 8.10. The van der Waals surface area contributed by atoms with E-state index in [1.807, 2.05) is 28.0 Å². The molecule has 1 aliphatic heterocycles. The maximum absolute atomic E-state index is 13.9. The molecule has 212 valence electrons. The van der Waals surface area contributed by atoms with Gasteiger partial charge < -0.3 is 9.80 Å². The van der Waals surface area contributed by atoms with Gasteiger partial charge in [0, 0.05) is 37.6 Å². The fraction of sp³-hybridized carbons (Fsp3) is 0.515. The van der Waals surface area contributed by atoms with E-state index >= 15 is 0 Å². The molecule has 0 bridgehead atoms. The summed E-state index contributed by atoms with van der Waals surface area (Å²) < 4.78 is 0. The number of hydrogen-bond donors (Lipinski definition) is 0. The van der Waals surface area contributed by atoms with E-state index in [9.17, 15) is 9.59 Å². The zero-order valence-corrected chi connectivity index (χ0v) is 25.2. The lowest BCUT2D eigenvalue weighted by molar-refractivity contribution is -0.132. The SMILES string of the molecule is CCCCCC(=O)N1CCC(CN(C/C(=C/c2ccccc2)CCCCC)C(=O)c2ccc(Cl)cc2Cl)CC1. The van der Waals surface area contributed by atoms with Gasteiger partial charge >= 0.3 is 0 Å². The van der Waals surface area contributed by atoms with Crippen molar-refractivity contribution >= 4 is 41.1 Å². The van der Waals surface area contributed by atoms with Gasteiger partial charge in [0.05, 0.1) is 10.6 Å². The lowest BCUT2D eigenvalue weighted by atomic mass is 9.94. The Bertz CT molecular complexity index is 1080.